The maximum absolute atomic E-state index is 12.2. The monoisotopic (exact) mass is 299 g/mol. The van der Waals surface area contributed by atoms with E-state index in [-0.39, 0.29) is 0 Å². The SMILES string of the molecule is COc1cccc(NC(C(=O)NC(N)=O)c2ccccc2)c1. The molecular formula is C16H17N3O3. The predicted molar refractivity (Wildman–Crippen MR) is 83.5 cm³/mol. The molecule has 22 heavy (non-hydrogen) atoms. The number of benzene rings is 2. The van der Waals surface area contributed by atoms with Gasteiger partial charge in [-0.3, -0.25) is 10.1 Å². The summed E-state index contributed by atoms with van der Waals surface area (Å²) >= 11 is 0. The van der Waals surface area contributed by atoms with Crippen molar-refractivity contribution >= 4 is 17.6 Å². The number of carbonyl (C=O) groups excluding carboxylic acids is 2. The first-order valence-electron chi connectivity index (χ1n) is 6.66. The molecule has 0 saturated carbocycles. The molecule has 0 spiro atoms. The molecule has 6 nitrogen and oxygen atoms in total. The van der Waals surface area contributed by atoms with Crippen LogP contribution in [0.4, 0.5) is 10.5 Å². The Morgan fingerprint density at radius 2 is 1.82 bits per heavy atom. The van der Waals surface area contributed by atoms with E-state index in [0.29, 0.717) is 17.0 Å². The van der Waals surface area contributed by atoms with Crippen LogP contribution in [0.15, 0.2) is 54.6 Å². The van der Waals surface area contributed by atoms with Crippen molar-refractivity contribution in [2.24, 2.45) is 5.73 Å². The van der Waals surface area contributed by atoms with E-state index in [9.17, 15) is 9.59 Å². The highest BCUT2D eigenvalue weighted by Gasteiger charge is 2.21. The Morgan fingerprint density at radius 1 is 1.09 bits per heavy atom. The number of imide groups is 1. The maximum Gasteiger partial charge on any atom is 0.318 e. The fourth-order valence-corrected chi connectivity index (χ4v) is 2.02. The molecule has 4 N–H and O–H groups in total. The van der Waals surface area contributed by atoms with Gasteiger partial charge in [0, 0.05) is 11.8 Å². The van der Waals surface area contributed by atoms with Gasteiger partial charge >= 0.3 is 6.03 Å². The smallest absolute Gasteiger partial charge is 0.318 e. The van der Waals surface area contributed by atoms with Gasteiger partial charge in [-0.1, -0.05) is 36.4 Å². The second-order valence-electron chi connectivity index (χ2n) is 4.57. The van der Waals surface area contributed by atoms with Crippen molar-refractivity contribution in [3.05, 3.63) is 60.2 Å². The molecule has 0 fully saturated rings. The Bertz CT molecular complexity index is 659. The summed E-state index contributed by atoms with van der Waals surface area (Å²) in [6.45, 7) is 0. The highest BCUT2D eigenvalue weighted by Crippen LogP contribution is 2.23. The Kier molecular flexibility index (Phi) is 4.98. The quantitative estimate of drug-likeness (QED) is 0.787. The van der Waals surface area contributed by atoms with Crippen molar-refractivity contribution in [2.75, 3.05) is 12.4 Å². The number of anilines is 1. The van der Waals surface area contributed by atoms with Crippen LogP contribution in [0.2, 0.25) is 0 Å². The summed E-state index contributed by atoms with van der Waals surface area (Å²) in [5, 5.41) is 5.17. The van der Waals surface area contributed by atoms with Crippen LogP contribution in [0, 0.1) is 0 Å². The number of nitrogens with two attached hydrogens (primary N) is 1. The van der Waals surface area contributed by atoms with Crippen LogP contribution in [0.5, 0.6) is 5.75 Å². The predicted octanol–water partition coefficient (Wildman–Crippen LogP) is 2.04. The minimum Gasteiger partial charge on any atom is -0.497 e. The van der Waals surface area contributed by atoms with E-state index in [1.807, 2.05) is 18.2 Å². The number of urea groups is 1. The van der Waals surface area contributed by atoms with Crippen LogP contribution in [0.25, 0.3) is 0 Å². The number of nitrogens with one attached hydrogen (secondary N) is 2. The lowest BCUT2D eigenvalue weighted by molar-refractivity contribution is -0.120. The molecule has 114 valence electrons. The molecule has 0 aromatic heterocycles. The lowest BCUT2D eigenvalue weighted by Gasteiger charge is -2.19. The maximum atomic E-state index is 12.2. The topological polar surface area (TPSA) is 93.4 Å². The first-order chi connectivity index (χ1) is 10.6. The summed E-state index contributed by atoms with van der Waals surface area (Å²) in [7, 11) is 1.56. The summed E-state index contributed by atoms with van der Waals surface area (Å²) < 4.78 is 5.15. The number of hydrogen-bond acceptors (Lipinski definition) is 4. The van der Waals surface area contributed by atoms with Gasteiger partial charge in [-0.2, -0.15) is 0 Å². The highest BCUT2D eigenvalue weighted by molar-refractivity contribution is 5.98. The van der Waals surface area contributed by atoms with E-state index in [4.69, 9.17) is 10.5 Å². The van der Waals surface area contributed by atoms with Crippen molar-refractivity contribution in [3.63, 3.8) is 0 Å². The summed E-state index contributed by atoms with van der Waals surface area (Å²) in [5.74, 6) is 0.133. The van der Waals surface area contributed by atoms with E-state index in [1.54, 1.807) is 43.5 Å². The Morgan fingerprint density at radius 3 is 2.45 bits per heavy atom. The summed E-state index contributed by atoms with van der Waals surface area (Å²) in [5.41, 5.74) is 6.43. The molecule has 0 radical (unpaired) electrons. The molecule has 6 heteroatoms. The third-order valence-corrected chi connectivity index (χ3v) is 3.02. The zero-order valence-corrected chi connectivity index (χ0v) is 12.1. The third-order valence-electron chi connectivity index (χ3n) is 3.02. The Balaban J connectivity index is 2.28. The number of amides is 3. The molecule has 0 bridgehead atoms. The minimum absolute atomic E-state index is 0.526. The van der Waals surface area contributed by atoms with Crippen molar-refractivity contribution in [1.29, 1.82) is 0 Å². The molecule has 2 rings (SSSR count). The van der Waals surface area contributed by atoms with Gasteiger partial charge < -0.3 is 15.8 Å². The van der Waals surface area contributed by atoms with Crippen LogP contribution in [0.1, 0.15) is 11.6 Å². The Labute approximate surface area is 128 Å². The molecule has 0 aliphatic heterocycles. The van der Waals surface area contributed by atoms with E-state index >= 15 is 0 Å². The van der Waals surface area contributed by atoms with Gasteiger partial charge in [-0.05, 0) is 17.7 Å². The molecule has 0 aliphatic rings. The minimum atomic E-state index is -0.890. The zero-order chi connectivity index (χ0) is 15.9. The zero-order valence-electron chi connectivity index (χ0n) is 12.1. The molecule has 1 atom stereocenters. The molecule has 3 amide bonds. The number of carbonyl (C=O) groups is 2. The van der Waals surface area contributed by atoms with Crippen molar-refractivity contribution in [3.8, 4) is 5.75 Å². The number of methoxy groups -OCH3 is 1. The van der Waals surface area contributed by atoms with Gasteiger partial charge in [0.2, 0.25) is 0 Å². The number of rotatable bonds is 5. The molecule has 0 aliphatic carbocycles. The Hall–Kier alpha value is -3.02. The molecule has 0 saturated heterocycles. The normalized spacial score (nSPS) is 11.3. The second-order valence-corrected chi connectivity index (χ2v) is 4.57. The van der Waals surface area contributed by atoms with E-state index < -0.39 is 18.0 Å². The number of ether oxygens (including phenoxy) is 1. The van der Waals surface area contributed by atoms with E-state index in [0.717, 1.165) is 0 Å². The molecule has 1 unspecified atom stereocenters. The van der Waals surface area contributed by atoms with Crippen LogP contribution in [-0.4, -0.2) is 19.0 Å². The highest BCUT2D eigenvalue weighted by atomic mass is 16.5. The fourth-order valence-electron chi connectivity index (χ4n) is 2.02. The largest absolute Gasteiger partial charge is 0.497 e. The lowest BCUT2D eigenvalue weighted by atomic mass is 10.1. The van der Waals surface area contributed by atoms with Crippen molar-refractivity contribution in [2.45, 2.75) is 6.04 Å². The van der Waals surface area contributed by atoms with Crippen LogP contribution >= 0.6 is 0 Å². The summed E-state index contributed by atoms with van der Waals surface area (Å²) in [6, 6.07) is 14.6. The number of primary amides is 1. The van der Waals surface area contributed by atoms with Gasteiger partial charge in [-0.15, -0.1) is 0 Å². The average Bonchev–Trinajstić information content (AvgIpc) is 2.53. The first kappa shape index (κ1) is 15.4. The van der Waals surface area contributed by atoms with Gasteiger partial charge in [-0.25, -0.2) is 4.79 Å². The van der Waals surface area contributed by atoms with Gasteiger partial charge in [0.25, 0.3) is 5.91 Å². The second kappa shape index (κ2) is 7.12. The number of hydrogen-bond donors (Lipinski definition) is 3. The van der Waals surface area contributed by atoms with Crippen LogP contribution in [-0.2, 0) is 4.79 Å². The lowest BCUT2D eigenvalue weighted by Crippen LogP contribution is -2.40. The molecular weight excluding hydrogens is 282 g/mol. The van der Waals surface area contributed by atoms with Crippen LogP contribution < -0.4 is 21.1 Å². The fraction of sp³-hybridized carbons (Fsp3) is 0.125. The van der Waals surface area contributed by atoms with Gasteiger partial charge in [0.15, 0.2) is 0 Å². The van der Waals surface area contributed by atoms with E-state index in [1.165, 1.54) is 0 Å². The third kappa shape index (κ3) is 3.99. The van der Waals surface area contributed by atoms with Crippen molar-refractivity contribution in [1.82, 2.24) is 5.32 Å². The van der Waals surface area contributed by atoms with Gasteiger partial charge in [0.05, 0.1) is 7.11 Å². The molecule has 2 aromatic carbocycles. The van der Waals surface area contributed by atoms with Gasteiger partial charge in [0.1, 0.15) is 11.8 Å². The standard InChI is InChI=1S/C16H17N3O3/c1-22-13-9-5-8-12(10-13)18-14(15(20)19-16(17)21)11-6-3-2-4-7-11/h2-10,14,18H,1H3,(H3,17,19,20,21). The van der Waals surface area contributed by atoms with Crippen LogP contribution in [0.3, 0.4) is 0 Å². The summed E-state index contributed by atoms with van der Waals surface area (Å²) in [6.07, 6.45) is 0. The van der Waals surface area contributed by atoms with Crippen molar-refractivity contribution < 1.29 is 14.3 Å². The average molecular weight is 299 g/mol. The van der Waals surface area contributed by atoms with E-state index in [2.05, 4.69) is 10.6 Å². The molecule has 0 heterocycles. The molecule has 2 aromatic rings. The summed E-state index contributed by atoms with van der Waals surface area (Å²) in [4.78, 5) is 23.1. The first-order valence-corrected chi connectivity index (χ1v) is 6.66.